The number of piperidine rings is 1. The Labute approximate surface area is 130 Å². The van der Waals surface area contributed by atoms with Crippen LogP contribution in [-0.2, 0) is 11.8 Å². The molecule has 0 unspecified atom stereocenters. The molecule has 0 saturated carbocycles. The van der Waals surface area contributed by atoms with Crippen LogP contribution in [0.1, 0.15) is 24.4 Å². The van der Waals surface area contributed by atoms with E-state index in [2.05, 4.69) is 0 Å². The summed E-state index contributed by atoms with van der Waals surface area (Å²) in [6, 6.07) is 1.46. The van der Waals surface area contributed by atoms with E-state index in [0.29, 0.717) is 18.5 Å². The topological polar surface area (TPSA) is 52.9 Å². The number of rotatable bonds is 0. The highest BCUT2D eigenvalue weighted by Crippen LogP contribution is 2.62. The van der Waals surface area contributed by atoms with Crippen molar-refractivity contribution in [3.8, 4) is 11.5 Å². The molecule has 4 nitrogen and oxygen atoms in total. The summed E-state index contributed by atoms with van der Waals surface area (Å²) in [7, 11) is 1.85. The summed E-state index contributed by atoms with van der Waals surface area (Å²) in [6.07, 6.45) is -4.59. The second kappa shape index (κ2) is 3.62. The molecular formula is C17H19NO3. The van der Waals surface area contributed by atoms with E-state index in [1.165, 1.54) is 6.07 Å². The highest BCUT2D eigenvalue weighted by atomic mass is 16.5. The van der Waals surface area contributed by atoms with E-state index in [9.17, 15) is 11.6 Å². The van der Waals surface area contributed by atoms with Crippen molar-refractivity contribution in [2.45, 2.75) is 36.5 Å². The Bertz CT molecular complexity index is 905. The van der Waals surface area contributed by atoms with Crippen LogP contribution in [-0.4, -0.2) is 46.9 Å². The van der Waals surface area contributed by atoms with Gasteiger partial charge in [0.05, 0.1) is 5.48 Å². The summed E-state index contributed by atoms with van der Waals surface area (Å²) >= 11 is 0. The van der Waals surface area contributed by atoms with Crippen molar-refractivity contribution in [1.82, 2.24) is 4.90 Å². The molecule has 21 heavy (non-hydrogen) atoms. The van der Waals surface area contributed by atoms with Crippen LogP contribution in [0.5, 0.6) is 11.5 Å². The zero-order valence-electron chi connectivity index (χ0n) is 16.6. The maximum absolute atomic E-state index is 10.8. The first kappa shape index (κ1) is 8.20. The Kier molecular flexibility index (Phi) is 1.41. The first-order valence-electron chi connectivity index (χ1n) is 9.69. The van der Waals surface area contributed by atoms with Crippen LogP contribution in [0, 0.1) is 5.89 Å². The molecule has 2 N–H and O–H groups in total. The largest absolute Gasteiger partial charge is 0.504 e. The van der Waals surface area contributed by atoms with Gasteiger partial charge >= 0.3 is 0 Å². The van der Waals surface area contributed by atoms with Gasteiger partial charge in [0.25, 0.3) is 0 Å². The van der Waals surface area contributed by atoms with E-state index in [1.807, 2.05) is 11.9 Å². The first-order chi connectivity index (χ1) is 12.0. The van der Waals surface area contributed by atoms with Crippen molar-refractivity contribution in [3.63, 3.8) is 0 Å². The highest BCUT2D eigenvalue weighted by molar-refractivity contribution is 5.61. The number of hydrogen-bond acceptors (Lipinski definition) is 4. The normalized spacial score (nSPS) is 57.4. The fourth-order valence-corrected chi connectivity index (χ4v) is 4.38. The fourth-order valence-electron chi connectivity index (χ4n) is 4.38. The zero-order valence-corrected chi connectivity index (χ0v) is 11.6. The summed E-state index contributed by atoms with van der Waals surface area (Å²) < 4.78 is 49.2. The molecule has 1 aromatic rings. The van der Waals surface area contributed by atoms with Gasteiger partial charge in [-0.15, -0.1) is 0 Å². The number of ether oxygens (including phenoxy) is 1. The predicted octanol–water partition coefficient (Wildman–Crippen LogP) is 1.20. The number of nitrogens with zero attached hydrogens (tertiary/aromatic N) is 1. The van der Waals surface area contributed by atoms with Gasteiger partial charge in [0.2, 0.25) is 0 Å². The second-order valence-electron chi connectivity index (χ2n) is 6.25. The van der Waals surface area contributed by atoms with Crippen molar-refractivity contribution >= 4 is 0 Å². The zero-order chi connectivity index (χ0) is 18.9. The van der Waals surface area contributed by atoms with Crippen LogP contribution in [0.25, 0.3) is 0 Å². The van der Waals surface area contributed by atoms with E-state index < -0.39 is 41.6 Å². The van der Waals surface area contributed by atoms with Gasteiger partial charge in [-0.05, 0) is 38.1 Å². The van der Waals surface area contributed by atoms with Crippen LogP contribution in [0.15, 0.2) is 24.2 Å². The number of likely N-dealkylation sites (N-methyl/N-ethyl adjacent to an activating group) is 1. The minimum absolute atomic E-state index is 0.00491. The standard InChI is InChI=1S/C17H19NO3/c1-18-7-6-17-10-3-5-13(20)16(17)21-15-12(19)4-2-9(14(15)17)8-11(10)18/h2-5,10-11,13,16,19-20H,6-8H2,1H3/t10-,11+,13-,16-,17-/m0/s1/i3D,5D,10D,13D,16D. The molecule has 2 aliphatic heterocycles. The van der Waals surface area contributed by atoms with Gasteiger partial charge in [-0.3, -0.25) is 0 Å². The Hall–Kier alpha value is -1.52. The quantitative estimate of drug-likeness (QED) is 0.705. The van der Waals surface area contributed by atoms with Gasteiger partial charge in [-0.25, -0.2) is 0 Å². The van der Waals surface area contributed by atoms with Gasteiger partial charge in [-0.1, -0.05) is 18.2 Å². The Morgan fingerprint density at radius 2 is 2.33 bits per heavy atom. The molecule has 5 rings (SSSR count). The molecule has 1 fully saturated rings. The second-order valence-corrected chi connectivity index (χ2v) is 6.25. The lowest BCUT2D eigenvalue weighted by atomic mass is 9.53. The van der Waals surface area contributed by atoms with Crippen LogP contribution in [0.2, 0.25) is 0 Å². The molecular weight excluding hydrogens is 266 g/mol. The number of phenolic OH excluding ortho intramolecular Hbond substituents is 1. The number of aliphatic hydroxyl groups is 1. The smallest absolute Gasteiger partial charge is 0.165 e. The Balaban J connectivity index is 1.99. The number of likely N-dealkylation sites (tertiary alicyclic amines) is 1. The third-order valence-corrected chi connectivity index (χ3v) is 5.35. The summed E-state index contributed by atoms with van der Waals surface area (Å²) in [4.78, 5) is 1.95. The van der Waals surface area contributed by atoms with Crippen molar-refractivity contribution in [3.05, 3.63) is 35.4 Å². The minimum atomic E-state index is -2.82. The van der Waals surface area contributed by atoms with E-state index in [0.717, 1.165) is 5.56 Å². The lowest BCUT2D eigenvalue weighted by Crippen LogP contribution is -2.64. The van der Waals surface area contributed by atoms with Crippen molar-refractivity contribution in [2.24, 2.45) is 5.89 Å². The van der Waals surface area contributed by atoms with Crippen molar-refractivity contribution in [2.75, 3.05) is 13.6 Å². The van der Waals surface area contributed by atoms with E-state index in [-0.39, 0.29) is 17.9 Å². The lowest BCUT2D eigenvalue weighted by Gasteiger charge is -2.56. The van der Waals surface area contributed by atoms with Crippen molar-refractivity contribution in [1.29, 1.82) is 0 Å². The third kappa shape index (κ3) is 1.21. The summed E-state index contributed by atoms with van der Waals surface area (Å²) in [6.45, 7) is 0.501. The average Bonchev–Trinajstić information content (AvgIpc) is 2.87. The van der Waals surface area contributed by atoms with Gasteiger partial charge < -0.3 is 19.8 Å². The van der Waals surface area contributed by atoms with Gasteiger partial charge in [-0.2, -0.15) is 0 Å². The average molecular weight is 290 g/mol. The van der Waals surface area contributed by atoms with Gasteiger partial charge in [0.1, 0.15) is 12.2 Å². The molecule has 1 spiro atoms. The SMILES string of the molecule is [2H]C1=C([2H])[C@@]2([2H])[C@H]3Cc4ccc(O)c5c4[C@@]2(CCN3C)[C@@]([2H])(O5)[C@@]1([2H])O. The lowest BCUT2D eigenvalue weighted by molar-refractivity contribution is -0.0453. The van der Waals surface area contributed by atoms with Gasteiger partial charge in [0, 0.05) is 24.3 Å². The Morgan fingerprint density at radius 1 is 1.48 bits per heavy atom. The molecule has 110 valence electrons. The predicted molar refractivity (Wildman–Crippen MR) is 77.6 cm³/mol. The molecule has 0 amide bonds. The molecule has 2 heterocycles. The van der Waals surface area contributed by atoms with E-state index in [1.54, 1.807) is 6.07 Å². The van der Waals surface area contributed by atoms with Crippen LogP contribution >= 0.6 is 0 Å². The van der Waals surface area contributed by atoms with Crippen LogP contribution < -0.4 is 4.74 Å². The van der Waals surface area contributed by atoms with Gasteiger partial charge in [0.15, 0.2) is 11.5 Å². The molecule has 1 saturated heterocycles. The Morgan fingerprint density at radius 3 is 3.19 bits per heavy atom. The van der Waals surface area contributed by atoms with E-state index in [4.69, 9.17) is 10.2 Å². The molecule has 4 heteroatoms. The van der Waals surface area contributed by atoms with Crippen LogP contribution in [0.4, 0.5) is 0 Å². The number of benzene rings is 1. The first-order valence-corrected chi connectivity index (χ1v) is 7.19. The van der Waals surface area contributed by atoms with Crippen molar-refractivity contribution < 1.29 is 21.8 Å². The number of aromatic hydroxyl groups is 1. The molecule has 0 aromatic heterocycles. The highest BCUT2D eigenvalue weighted by Gasteiger charge is 2.64. The third-order valence-electron chi connectivity index (χ3n) is 5.35. The van der Waals surface area contributed by atoms with E-state index >= 15 is 0 Å². The summed E-state index contributed by atoms with van der Waals surface area (Å²) in [5.74, 6) is -1.93. The fraction of sp³-hybridized carbons (Fsp3) is 0.529. The molecule has 2 bridgehead atoms. The molecule has 1 aromatic carbocycles. The maximum atomic E-state index is 10.8. The number of hydrogen-bond donors (Lipinski definition) is 2. The number of phenols is 1. The summed E-state index contributed by atoms with van der Waals surface area (Å²) in [5, 5.41) is 21.2. The van der Waals surface area contributed by atoms with Crippen LogP contribution in [0.3, 0.4) is 0 Å². The molecule has 4 aliphatic rings. The molecule has 5 atom stereocenters. The monoisotopic (exact) mass is 290 g/mol. The molecule has 0 radical (unpaired) electrons. The summed E-state index contributed by atoms with van der Waals surface area (Å²) in [5.41, 5.74) is -0.255. The molecule has 2 aliphatic carbocycles. The maximum Gasteiger partial charge on any atom is 0.165 e. The minimum Gasteiger partial charge on any atom is -0.504 e.